The van der Waals surface area contributed by atoms with Gasteiger partial charge in [-0.25, -0.2) is 0 Å². The molecule has 1 amide bonds. The third kappa shape index (κ3) is 3.15. The smallest absolute Gasteiger partial charge is 0.254 e. The third-order valence-corrected chi connectivity index (χ3v) is 5.86. The first-order chi connectivity index (χ1) is 12.1. The Balaban J connectivity index is 1.63. The Bertz CT molecular complexity index is 804. The molecule has 5 nitrogen and oxygen atoms in total. The van der Waals surface area contributed by atoms with E-state index in [4.69, 9.17) is 23.2 Å². The number of aromatic nitrogens is 3. The van der Waals surface area contributed by atoms with Gasteiger partial charge < -0.3 is 9.47 Å². The summed E-state index contributed by atoms with van der Waals surface area (Å²) in [7, 11) is 0. The lowest BCUT2D eigenvalue weighted by molar-refractivity contribution is 0.0727. The van der Waals surface area contributed by atoms with Crippen LogP contribution in [0, 0.1) is 0 Å². The van der Waals surface area contributed by atoms with Crippen molar-refractivity contribution >= 4 is 29.1 Å². The summed E-state index contributed by atoms with van der Waals surface area (Å²) in [5.41, 5.74) is 0.567. The fraction of sp³-hybridized carbons (Fsp3) is 0.500. The molecule has 1 aromatic heterocycles. The summed E-state index contributed by atoms with van der Waals surface area (Å²) in [6.07, 6.45) is 6.39. The second-order valence-corrected chi connectivity index (χ2v) is 7.54. The van der Waals surface area contributed by atoms with Gasteiger partial charge in [0.05, 0.1) is 16.1 Å². The lowest BCUT2D eigenvalue weighted by Gasteiger charge is -2.25. The second-order valence-electron chi connectivity index (χ2n) is 6.72. The largest absolute Gasteiger partial charge is 0.328 e. The van der Waals surface area contributed by atoms with Gasteiger partial charge in [0.15, 0.2) is 5.82 Å². The Labute approximate surface area is 156 Å². The fourth-order valence-electron chi connectivity index (χ4n) is 3.83. The fourth-order valence-corrected chi connectivity index (χ4v) is 4.13. The zero-order valence-electron chi connectivity index (χ0n) is 13.9. The Morgan fingerprint density at radius 2 is 1.92 bits per heavy atom. The Kier molecular flexibility index (Phi) is 4.69. The molecule has 1 aromatic carbocycles. The molecule has 0 aliphatic carbocycles. The molecule has 1 atom stereocenters. The molecular weight excluding hydrogens is 359 g/mol. The summed E-state index contributed by atoms with van der Waals surface area (Å²) in [6, 6.07) is 5.04. The summed E-state index contributed by atoms with van der Waals surface area (Å²) in [4.78, 5) is 14.9. The lowest BCUT2D eigenvalue weighted by atomic mass is 10.1. The molecule has 0 bridgehead atoms. The number of likely N-dealkylation sites (tertiary alicyclic amines) is 1. The van der Waals surface area contributed by atoms with Gasteiger partial charge in [-0.1, -0.05) is 29.6 Å². The zero-order valence-corrected chi connectivity index (χ0v) is 15.4. The van der Waals surface area contributed by atoms with E-state index in [1.165, 1.54) is 6.42 Å². The topological polar surface area (TPSA) is 51.0 Å². The highest BCUT2D eigenvalue weighted by molar-refractivity contribution is 6.42. The van der Waals surface area contributed by atoms with Crippen LogP contribution in [0.15, 0.2) is 18.2 Å². The quantitative estimate of drug-likeness (QED) is 0.782. The number of hydrogen-bond donors (Lipinski definition) is 0. The van der Waals surface area contributed by atoms with Crippen molar-refractivity contribution < 1.29 is 4.79 Å². The van der Waals surface area contributed by atoms with Gasteiger partial charge in [0.25, 0.3) is 5.91 Å². The minimum atomic E-state index is -0.0213. The maximum atomic E-state index is 13.0. The highest BCUT2D eigenvalue weighted by atomic mass is 35.5. The molecule has 2 aliphatic heterocycles. The van der Waals surface area contributed by atoms with E-state index in [0.29, 0.717) is 15.6 Å². The predicted molar refractivity (Wildman–Crippen MR) is 97.1 cm³/mol. The van der Waals surface area contributed by atoms with E-state index < -0.39 is 0 Å². The van der Waals surface area contributed by atoms with Gasteiger partial charge in [0.1, 0.15) is 5.82 Å². The molecule has 25 heavy (non-hydrogen) atoms. The number of fused-ring (bicyclic) bond motifs is 1. The highest BCUT2D eigenvalue weighted by Crippen LogP contribution is 2.34. The Morgan fingerprint density at radius 3 is 2.76 bits per heavy atom. The molecule has 7 heteroatoms. The van der Waals surface area contributed by atoms with E-state index in [1.807, 2.05) is 4.90 Å². The first kappa shape index (κ1) is 16.9. The van der Waals surface area contributed by atoms with Gasteiger partial charge >= 0.3 is 0 Å². The van der Waals surface area contributed by atoms with Crippen molar-refractivity contribution in [2.45, 2.75) is 51.1 Å². The number of carbonyl (C=O) groups is 1. The van der Waals surface area contributed by atoms with Crippen molar-refractivity contribution in [3.63, 3.8) is 0 Å². The second kappa shape index (κ2) is 6.96. The van der Waals surface area contributed by atoms with Crippen LogP contribution < -0.4 is 0 Å². The Morgan fingerprint density at radius 1 is 1.04 bits per heavy atom. The van der Waals surface area contributed by atoms with E-state index in [1.54, 1.807) is 18.2 Å². The van der Waals surface area contributed by atoms with Gasteiger partial charge in [-0.2, -0.15) is 0 Å². The van der Waals surface area contributed by atoms with Gasteiger partial charge in [0.2, 0.25) is 0 Å². The minimum Gasteiger partial charge on any atom is -0.328 e. The molecule has 1 saturated heterocycles. The van der Waals surface area contributed by atoms with Crippen LogP contribution in [0.5, 0.6) is 0 Å². The summed E-state index contributed by atoms with van der Waals surface area (Å²) in [5.74, 6) is 1.97. The molecule has 0 spiro atoms. The van der Waals surface area contributed by atoms with E-state index in [0.717, 1.165) is 56.8 Å². The summed E-state index contributed by atoms with van der Waals surface area (Å²) in [6.45, 7) is 1.68. The maximum Gasteiger partial charge on any atom is 0.254 e. The van der Waals surface area contributed by atoms with Crippen LogP contribution >= 0.6 is 23.2 Å². The molecule has 132 valence electrons. The van der Waals surface area contributed by atoms with Gasteiger partial charge in [0, 0.05) is 25.1 Å². The maximum absolute atomic E-state index is 13.0. The molecule has 0 radical (unpaired) electrons. The van der Waals surface area contributed by atoms with Gasteiger partial charge in [-0.15, -0.1) is 10.2 Å². The molecule has 1 unspecified atom stereocenters. The van der Waals surface area contributed by atoms with Gasteiger partial charge in [-0.05, 0) is 43.9 Å². The number of amides is 1. The summed E-state index contributed by atoms with van der Waals surface area (Å²) < 4.78 is 2.23. The van der Waals surface area contributed by atoms with Crippen LogP contribution in [-0.2, 0) is 13.0 Å². The predicted octanol–water partition coefficient (Wildman–Crippen LogP) is 4.29. The van der Waals surface area contributed by atoms with Gasteiger partial charge in [-0.3, -0.25) is 4.79 Å². The summed E-state index contributed by atoms with van der Waals surface area (Å²) >= 11 is 12.1. The van der Waals surface area contributed by atoms with E-state index in [-0.39, 0.29) is 11.9 Å². The number of benzene rings is 1. The van der Waals surface area contributed by atoms with E-state index in [9.17, 15) is 4.79 Å². The standard InChI is InChI=1S/C18H20Cl2N4O/c19-13-8-7-12(11-14(13)20)18(25)23-10-4-5-15(23)17-22-21-16-6-2-1-3-9-24(16)17/h7-8,11,15H,1-6,9-10H2. The molecule has 0 saturated carbocycles. The highest BCUT2D eigenvalue weighted by Gasteiger charge is 2.35. The van der Waals surface area contributed by atoms with Crippen molar-refractivity contribution in [1.82, 2.24) is 19.7 Å². The molecule has 2 aromatic rings. The molecule has 4 rings (SSSR count). The van der Waals surface area contributed by atoms with Crippen molar-refractivity contribution in [3.05, 3.63) is 45.5 Å². The molecule has 0 N–H and O–H groups in total. The van der Waals surface area contributed by atoms with Crippen LogP contribution in [0.1, 0.15) is 60.2 Å². The van der Waals surface area contributed by atoms with Crippen LogP contribution in [0.4, 0.5) is 0 Å². The number of carbonyl (C=O) groups excluding carboxylic acids is 1. The van der Waals surface area contributed by atoms with Crippen molar-refractivity contribution in [2.24, 2.45) is 0 Å². The summed E-state index contributed by atoms with van der Waals surface area (Å²) in [5, 5.41) is 9.70. The van der Waals surface area contributed by atoms with Crippen LogP contribution in [0.2, 0.25) is 10.0 Å². The number of rotatable bonds is 2. The monoisotopic (exact) mass is 378 g/mol. The van der Waals surface area contributed by atoms with Crippen LogP contribution in [0.25, 0.3) is 0 Å². The van der Waals surface area contributed by atoms with Crippen LogP contribution in [-0.4, -0.2) is 32.1 Å². The van der Waals surface area contributed by atoms with Crippen molar-refractivity contribution in [2.75, 3.05) is 6.54 Å². The van der Waals surface area contributed by atoms with Crippen molar-refractivity contribution in [1.29, 1.82) is 0 Å². The first-order valence-electron chi connectivity index (χ1n) is 8.83. The van der Waals surface area contributed by atoms with E-state index >= 15 is 0 Å². The number of aryl methyl sites for hydroxylation is 1. The molecule has 1 fully saturated rings. The van der Waals surface area contributed by atoms with Crippen molar-refractivity contribution in [3.8, 4) is 0 Å². The number of nitrogens with zero attached hydrogens (tertiary/aromatic N) is 4. The molecule has 2 aliphatic rings. The van der Waals surface area contributed by atoms with Crippen LogP contribution in [0.3, 0.4) is 0 Å². The molecular formula is C18H20Cl2N4O. The number of halogens is 2. The third-order valence-electron chi connectivity index (χ3n) is 5.12. The SMILES string of the molecule is O=C(c1ccc(Cl)c(Cl)c1)N1CCCC1c1nnc2n1CCCCC2. The lowest BCUT2D eigenvalue weighted by Crippen LogP contribution is -2.32. The zero-order chi connectivity index (χ0) is 17.4. The van der Waals surface area contributed by atoms with E-state index in [2.05, 4.69) is 14.8 Å². The molecule has 3 heterocycles. The minimum absolute atomic E-state index is 0.0127. The average molecular weight is 379 g/mol. The Hall–Kier alpha value is -1.59. The first-order valence-corrected chi connectivity index (χ1v) is 9.59. The average Bonchev–Trinajstić information content (AvgIpc) is 3.17. The number of hydrogen-bond acceptors (Lipinski definition) is 3. The normalized spacial score (nSPS) is 20.4.